The van der Waals surface area contributed by atoms with Gasteiger partial charge >= 0.3 is 0 Å². The molecule has 1 fully saturated rings. The van der Waals surface area contributed by atoms with E-state index in [0.29, 0.717) is 12.3 Å². The average Bonchev–Trinajstić information content (AvgIpc) is 2.22. The second-order valence-corrected chi connectivity index (χ2v) is 5.14. The zero-order chi connectivity index (χ0) is 12.1. The molecule has 3 nitrogen and oxygen atoms in total. The lowest BCUT2D eigenvalue weighted by molar-refractivity contribution is -0.129. The Labute approximate surface area is 104 Å². The Morgan fingerprint density at radius 2 is 2.12 bits per heavy atom. The summed E-state index contributed by atoms with van der Waals surface area (Å²) in [6.45, 7) is 9.00. The van der Waals surface area contributed by atoms with Crippen molar-refractivity contribution in [3.05, 3.63) is 0 Å². The van der Waals surface area contributed by atoms with Crippen LogP contribution >= 0.6 is 12.2 Å². The summed E-state index contributed by atoms with van der Waals surface area (Å²) < 4.78 is 0. The molecule has 0 bridgehead atoms. The van der Waals surface area contributed by atoms with Gasteiger partial charge in [-0.1, -0.05) is 27.2 Å². The SMILES string of the molecule is CCCCN1C(=O)CCN(CC(C)C)C1=S. The van der Waals surface area contributed by atoms with Crippen LogP contribution in [0.5, 0.6) is 0 Å². The number of nitrogens with zero attached hydrogens (tertiary/aromatic N) is 2. The van der Waals surface area contributed by atoms with Crippen LogP contribution in [-0.2, 0) is 4.79 Å². The Kier molecular flexibility index (Phi) is 5.19. The van der Waals surface area contributed by atoms with Gasteiger partial charge in [-0.25, -0.2) is 0 Å². The van der Waals surface area contributed by atoms with E-state index in [-0.39, 0.29) is 5.91 Å². The number of amides is 1. The van der Waals surface area contributed by atoms with Gasteiger partial charge in [0, 0.05) is 26.1 Å². The van der Waals surface area contributed by atoms with Crippen LogP contribution in [0.2, 0.25) is 0 Å². The highest BCUT2D eigenvalue weighted by Crippen LogP contribution is 2.13. The van der Waals surface area contributed by atoms with Crippen LogP contribution in [0.15, 0.2) is 0 Å². The van der Waals surface area contributed by atoms with Crippen molar-refractivity contribution < 1.29 is 4.79 Å². The van der Waals surface area contributed by atoms with Crippen molar-refractivity contribution in [3.63, 3.8) is 0 Å². The number of thiocarbonyl (C=S) groups is 1. The molecule has 1 aliphatic heterocycles. The Morgan fingerprint density at radius 1 is 1.44 bits per heavy atom. The second-order valence-electron chi connectivity index (χ2n) is 4.77. The lowest BCUT2D eigenvalue weighted by atomic mass is 10.2. The fourth-order valence-electron chi connectivity index (χ4n) is 1.89. The van der Waals surface area contributed by atoms with Gasteiger partial charge in [-0.15, -0.1) is 0 Å². The smallest absolute Gasteiger partial charge is 0.230 e. The van der Waals surface area contributed by atoms with Gasteiger partial charge in [0.1, 0.15) is 0 Å². The fourth-order valence-corrected chi connectivity index (χ4v) is 2.24. The van der Waals surface area contributed by atoms with Crippen molar-refractivity contribution in [2.24, 2.45) is 5.92 Å². The van der Waals surface area contributed by atoms with Crippen molar-refractivity contribution in [3.8, 4) is 0 Å². The predicted molar refractivity (Wildman–Crippen MR) is 70.2 cm³/mol. The lowest BCUT2D eigenvalue weighted by Gasteiger charge is -2.37. The maximum Gasteiger partial charge on any atom is 0.230 e. The van der Waals surface area contributed by atoms with Crippen molar-refractivity contribution >= 4 is 23.2 Å². The molecule has 0 atom stereocenters. The molecule has 4 heteroatoms. The first kappa shape index (κ1) is 13.4. The summed E-state index contributed by atoms with van der Waals surface area (Å²) in [4.78, 5) is 15.7. The summed E-state index contributed by atoms with van der Waals surface area (Å²) in [5.41, 5.74) is 0. The van der Waals surface area contributed by atoms with Gasteiger partial charge < -0.3 is 4.90 Å². The first-order chi connectivity index (χ1) is 7.56. The molecule has 0 aromatic heterocycles. The monoisotopic (exact) mass is 242 g/mol. The number of carbonyl (C=O) groups is 1. The number of unbranched alkanes of at least 4 members (excludes halogenated alkanes) is 1. The van der Waals surface area contributed by atoms with Gasteiger partial charge in [-0.05, 0) is 24.6 Å². The minimum absolute atomic E-state index is 0.193. The molecular weight excluding hydrogens is 220 g/mol. The molecule has 1 heterocycles. The summed E-state index contributed by atoms with van der Waals surface area (Å²) in [5.74, 6) is 0.776. The molecule has 0 aromatic rings. The van der Waals surface area contributed by atoms with E-state index >= 15 is 0 Å². The summed E-state index contributed by atoms with van der Waals surface area (Å²) in [5, 5.41) is 0.735. The molecule has 0 aromatic carbocycles. The molecule has 0 N–H and O–H groups in total. The topological polar surface area (TPSA) is 23.6 Å². The Hall–Kier alpha value is -0.640. The van der Waals surface area contributed by atoms with E-state index in [4.69, 9.17) is 12.2 Å². The lowest BCUT2D eigenvalue weighted by Crippen LogP contribution is -2.53. The molecule has 0 radical (unpaired) electrons. The minimum Gasteiger partial charge on any atom is -0.348 e. The van der Waals surface area contributed by atoms with Crippen LogP contribution in [0.25, 0.3) is 0 Å². The third-order valence-corrected chi connectivity index (χ3v) is 3.20. The molecule has 1 amide bonds. The first-order valence-electron chi connectivity index (χ1n) is 6.15. The van der Waals surface area contributed by atoms with E-state index < -0.39 is 0 Å². The molecule has 92 valence electrons. The van der Waals surface area contributed by atoms with E-state index in [2.05, 4.69) is 25.7 Å². The highest BCUT2D eigenvalue weighted by Gasteiger charge is 2.28. The van der Waals surface area contributed by atoms with Crippen LogP contribution in [0.3, 0.4) is 0 Å². The highest BCUT2D eigenvalue weighted by molar-refractivity contribution is 7.80. The molecule has 1 rings (SSSR count). The molecule has 1 aliphatic rings. The average molecular weight is 242 g/mol. The zero-order valence-electron chi connectivity index (χ0n) is 10.5. The molecule has 0 aliphatic carbocycles. The van der Waals surface area contributed by atoms with E-state index in [9.17, 15) is 4.79 Å². The zero-order valence-corrected chi connectivity index (χ0v) is 11.3. The van der Waals surface area contributed by atoms with Gasteiger partial charge in [-0.2, -0.15) is 0 Å². The normalized spacial score (nSPS) is 17.5. The highest BCUT2D eigenvalue weighted by atomic mass is 32.1. The van der Waals surface area contributed by atoms with Crippen LogP contribution in [0, 0.1) is 5.92 Å². The van der Waals surface area contributed by atoms with Gasteiger partial charge in [0.25, 0.3) is 0 Å². The van der Waals surface area contributed by atoms with E-state index in [1.807, 2.05) is 0 Å². The number of carbonyl (C=O) groups excluding carboxylic acids is 1. The molecule has 16 heavy (non-hydrogen) atoms. The van der Waals surface area contributed by atoms with Gasteiger partial charge in [0.2, 0.25) is 5.91 Å². The van der Waals surface area contributed by atoms with Crippen LogP contribution in [-0.4, -0.2) is 40.5 Å². The van der Waals surface area contributed by atoms with Crippen LogP contribution in [0.4, 0.5) is 0 Å². The van der Waals surface area contributed by atoms with Crippen LogP contribution in [0.1, 0.15) is 40.0 Å². The third kappa shape index (κ3) is 3.44. The molecular formula is C12H22N2OS. The van der Waals surface area contributed by atoms with E-state index in [1.165, 1.54) is 0 Å². The third-order valence-electron chi connectivity index (χ3n) is 2.72. The fraction of sp³-hybridized carbons (Fsp3) is 0.833. The first-order valence-corrected chi connectivity index (χ1v) is 6.56. The van der Waals surface area contributed by atoms with Crippen molar-refractivity contribution in [1.82, 2.24) is 9.80 Å². The summed E-state index contributed by atoms with van der Waals surface area (Å²) in [7, 11) is 0. The number of hydrogen-bond donors (Lipinski definition) is 0. The van der Waals surface area contributed by atoms with Gasteiger partial charge in [0.15, 0.2) is 5.11 Å². The number of hydrogen-bond acceptors (Lipinski definition) is 2. The molecule has 0 saturated carbocycles. The van der Waals surface area contributed by atoms with Crippen molar-refractivity contribution in [1.29, 1.82) is 0 Å². The quantitative estimate of drug-likeness (QED) is 0.691. The van der Waals surface area contributed by atoms with Crippen molar-refractivity contribution in [2.45, 2.75) is 40.0 Å². The Morgan fingerprint density at radius 3 is 2.69 bits per heavy atom. The Bertz CT molecular complexity index is 266. The van der Waals surface area contributed by atoms with Crippen molar-refractivity contribution in [2.75, 3.05) is 19.6 Å². The second kappa shape index (κ2) is 6.18. The molecule has 1 saturated heterocycles. The largest absolute Gasteiger partial charge is 0.348 e. The summed E-state index contributed by atoms with van der Waals surface area (Å²) in [6.07, 6.45) is 2.73. The standard InChI is InChI=1S/C12H22N2OS/c1-4-5-7-14-11(15)6-8-13(12(14)16)9-10(2)3/h10H,4-9H2,1-3H3. The van der Waals surface area contributed by atoms with Gasteiger partial charge in [0.05, 0.1) is 0 Å². The van der Waals surface area contributed by atoms with Crippen LogP contribution < -0.4 is 0 Å². The predicted octanol–water partition coefficient (Wildman–Crippen LogP) is 2.26. The van der Waals surface area contributed by atoms with E-state index in [1.54, 1.807) is 4.90 Å². The molecule has 0 unspecified atom stereocenters. The van der Waals surface area contributed by atoms with E-state index in [0.717, 1.165) is 37.6 Å². The minimum atomic E-state index is 0.193. The number of rotatable bonds is 5. The van der Waals surface area contributed by atoms with Gasteiger partial charge in [-0.3, -0.25) is 9.69 Å². The summed E-state index contributed by atoms with van der Waals surface area (Å²) in [6, 6.07) is 0. The Balaban J connectivity index is 2.59. The maximum absolute atomic E-state index is 11.8. The summed E-state index contributed by atoms with van der Waals surface area (Å²) >= 11 is 5.39. The molecule has 0 spiro atoms. The maximum atomic E-state index is 11.8.